The molecule has 2 heterocycles. The van der Waals surface area contributed by atoms with Crippen LogP contribution in [0.1, 0.15) is 21.7 Å². The highest BCUT2D eigenvalue weighted by Crippen LogP contribution is 2.25. The van der Waals surface area contributed by atoms with Crippen molar-refractivity contribution >= 4 is 62.7 Å². The normalized spacial score (nSPS) is 10.9. The molecule has 1 amide bonds. The van der Waals surface area contributed by atoms with Gasteiger partial charge in [-0.05, 0) is 42.9 Å². The Morgan fingerprint density at radius 3 is 2.60 bits per heavy atom. The van der Waals surface area contributed by atoms with Gasteiger partial charge in [0.05, 0.1) is 10.0 Å². The quantitative estimate of drug-likeness (QED) is 0.427. The highest BCUT2D eigenvalue weighted by atomic mass is 35.5. The lowest BCUT2D eigenvalue weighted by atomic mass is 10.1. The molecular weight excluding hydrogens is 463 g/mol. The van der Waals surface area contributed by atoms with E-state index in [4.69, 9.17) is 35.4 Å². The van der Waals surface area contributed by atoms with E-state index in [1.165, 1.54) is 17.4 Å². The van der Waals surface area contributed by atoms with Gasteiger partial charge in [0.2, 0.25) is 4.96 Å². The number of hydrogen-bond donors (Lipinski definition) is 2. The predicted octanol–water partition coefficient (Wildman–Crippen LogP) is 4.27. The molecule has 4 aromatic rings. The lowest BCUT2D eigenvalue weighted by Crippen LogP contribution is -2.38. The second-order valence-electron chi connectivity index (χ2n) is 6.31. The van der Waals surface area contributed by atoms with E-state index < -0.39 is 0 Å². The zero-order chi connectivity index (χ0) is 21.3. The van der Waals surface area contributed by atoms with Crippen molar-refractivity contribution in [3.8, 4) is 10.6 Å². The third kappa shape index (κ3) is 4.44. The topological polar surface area (TPSA) is 84.2 Å². The Balaban J connectivity index is 1.34. The number of amides is 1. The van der Waals surface area contributed by atoms with Crippen molar-refractivity contribution in [3.63, 3.8) is 0 Å². The maximum atomic E-state index is 12.2. The van der Waals surface area contributed by atoms with Gasteiger partial charge in [-0.1, -0.05) is 58.8 Å². The molecule has 0 aliphatic carbocycles. The summed E-state index contributed by atoms with van der Waals surface area (Å²) in [6, 6.07) is 12.5. The third-order valence-electron chi connectivity index (χ3n) is 4.21. The summed E-state index contributed by atoms with van der Waals surface area (Å²) in [5.41, 5.74) is 2.37. The Morgan fingerprint density at radius 1 is 1.13 bits per heavy atom. The number of halogens is 2. The minimum atomic E-state index is -0.361. The van der Waals surface area contributed by atoms with E-state index in [9.17, 15) is 4.79 Å². The first kappa shape index (κ1) is 20.7. The standard InChI is InChI=1S/C19H14Cl2N6OS2/c1-10-24-25-19-27(10)26-17(30-19)12-4-2-11(3-5-12)9-22-18(29)23-16(28)13-6-7-14(20)15(21)8-13/h2-8H,9H2,1H3,(H2,22,23,28,29). The lowest BCUT2D eigenvalue weighted by Gasteiger charge is -2.10. The number of carbonyl (C=O) groups excluding carboxylic acids is 1. The summed E-state index contributed by atoms with van der Waals surface area (Å²) in [4.78, 5) is 13.0. The molecule has 152 valence electrons. The molecule has 4 rings (SSSR count). The first-order valence-electron chi connectivity index (χ1n) is 8.73. The number of nitrogens with one attached hydrogen (secondary N) is 2. The number of hydrogen-bond acceptors (Lipinski definition) is 6. The fourth-order valence-electron chi connectivity index (χ4n) is 2.64. The smallest absolute Gasteiger partial charge is 0.257 e. The number of rotatable bonds is 4. The van der Waals surface area contributed by atoms with Gasteiger partial charge in [0.1, 0.15) is 5.01 Å². The molecule has 0 spiro atoms. The molecule has 0 fully saturated rings. The van der Waals surface area contributed by atoms with Crippen molar-refractivity contribution in [2.45, 2.75) is 13.5 Å². The van der Waals surface area contributed by atoms with E-state index in [1.54, 1.807) is 16.6 Å². The van der Waals surface area contributed by atoms with Crippen molar-refractivity contribution in [2.24, 2.45) is 0 Å². The van der Waals surface area contributed by atoms with Crippen molar-refractivity contribution in [1.29, 1.82) is 0 Å². The number of benzene rings is 2. The number of nitrogens with zero attached hydrogens (tertiary/aromatic N) is 4. The molecule has 0 unspecified atom stereocenters. The Morgan fingerprint density at radius 2 is 1.90 bits per heavy atom. The predicted molar refractivity (Wildman–Crippen MR) is 122 cm³/mol. The summed E-state index contributed by atoms with van der Waals surface area (Å²) < 4.78 is 1.73. The van der Waals surface area contributed by atoms with Crippen molar-refractivity contribution in [1.82, 2.24) is 30.4 Å². The van der Waals surface area contributed by atoms with Gasteiger partial charge in [0.15, 0.2) is 10.9 Å². The van der Waals surface area contributed by atoms with E-state index in [0.717, 1.165) is 26.9 Å². The van der Waals surface area contributed by atoms with Crippen LogP contribution in [0.5, 0.6) is 0 Å². The first-order chi connectivity index (χ1) is 14.4. The molecule has 0 aliphatic heterocycles. The van der Waals surface area contributed by atoms with Crippen LogP contribution < -0.4 is 10.6 Å². The highest BCUT2D eigenvalue weighted by molar-refractivity contribution is 7.80. The third-order valence-corrected chi connectivity index (χ3v) is 6.14. The number of aryl methyl sites for hydroxylation is 1. The van der Waals surface area contributed by atoms with Gasteiger partial charge in [-0.3, -0.25) is 10.1 Å². The van der Waals surface area contributed by atoms with Crippen molar-refractivity contribution in [2.75, 3.05) is 0 Å². The summed E-state index contributed by atoms with van der Waals surface area (Å²) in [6.07, 6.45) is 0. The molecule has 0 saturated carbocycles. The molecular formula is C19H14Cl2N6OS2. The van der Waals surface area contributed by atoms with E-state index in [1.807, 2.05) is 31.2 Å². The molecule has 0 bridgehead atoms. The summed E-state index contributed by atoms with van der Waals surface area (Å²) in [7, 11) is 0. The second kappa shape index (κ2) is 8.65. The summed E-state index contributed by atoms with van der Waals surface area (Å²) in [5, 5.41) is 20.0. The fourth-order valence-corrected chi connectivity index (χ4v) is 3.99. The summed E-state index contributed by atoms with van der Waals surface area (Å²) in [6.45, 7) is 2.33. The van der Waals surface area contributed by atoms with Crippen LogP contribution in [0.15, 0.2) is 42.5 Å². The summed E-state index contributed by atoms with van der Waals surface area (Å²) in [5.74, 6) is 0.393. The number of carbonyl (C=O) groups is 1. The minimum Gasteiger partial charge on any atom is -0.358 e. The van der Waals surface area contributed by atoms with Gasteiger partial charge < -0.3 is 5.32 Å². The zero-order valence-electron chi connectivity index (χ0n) is 15.5. The van der Waals surface area contributed by atoms with Gasteiger partial charge in [-0.25, -0.2) is 0 Å². The van der Waals surface area contributed by atoms with E-state index >= 15 is 0 Å². The van der Waals surface area contributed by atoms with Crippen molar-refractivity contribution < 1.29 is 4.79 Å². The largest absolute Gasteiger partial charge is 0.358 e. The lowest BCUT2D eigenvalue weighted by molar-refractivity contribution is 0.0976. The SMILES string of the molecule is Cc1nnc2sc(-c3ccc(CNC(=S)NC(=O)c4ccc(Cl)c(Cl)c4)cc3)nn12. The van der Waals surface area contributed by atoms with Crippen LogP contribution >= 0.6 is 46.8 Å². The van der Waals surface area contributed by atoms with Crippen LogP contribution in [0.4, 0.5) is 0 Å². The van der Waals surface area contributed by atoms with Crippen LogP contribution in [0, 0.1) is 6.92 Å². The highest BCUT2D eigenvalue weighted by Gasteiger charge is 2.11. The monoisotopic (exact) mass is 476 g/mol. The Labute approximate surface area is 191 Å². The maximum Gasteiger partial charge on any atom is 0.257 e. The minimum absolute atomic E-state index is 0.222. The maximum absolute atomic E-state index is 12.2. The van der Waals surface area contributed by atoms with E-state index in [-0.39, 0.29) is 11.0 Å². The summed E-state index contributed by atoms with van der Waals surface area (Å²) >= 11 is 18.5. The second-order valence-corrected chi connectivity index (χ2v) is 8.49. The number of fused-ring (bicyclic) bond motifs is 1. The molecule has 0 radical (unpaired) electrons. The van der Waals surface area contributed by atoms with Crippen LogP contribution in [0.3, 0.4) is 0 Å². The molecule has 0 atom stereocenters. The number of thiocarbonyl (C=S) groups is 1. The average molecular weight is 477 g/mol. The molecule has 0 saturated heterocycles. The Kier molecular flexibility index (Phi) is 5.96. The van der Waals surface area contributed by atoms with Crippen LogP contribution in [0.2, 0.25) is 10.0 Å². The molecule has 2 aromatic heterocycles. The van der Waals surface area contributed by atoms with Gasteiger partial charge in [-0.2, -0.15) is 9.61 Å². The molecule has 2 aromatic carbocycles. The van der Waals surface area contributed by atoms with Crippen molar-refractivity contribution in [3.05, 3.63) is 69.5 Å². The molecule has 7 nitrogen and oxygen atoms in total. The van der Waals surface area contributed by atoms with E-state index in [0.29, 0.717) is 22.2 Å². The first-order valence-corrected chi connectivity index (χ1v) is 10.7. The van der Waals surface area contributed by atoms with Crippen LogP contribution in [-0.4, -0.2) is 30.8 Å². The number of aromatic nitrogens is 4. The van der Waals surface area contributed by atoms with Gasteiger partial charge in [0, 0.05) is 17.7 Å². The average Bonchev–Trinajstić information content (AvgIpc) is 3.31. The molecule has 11 heteroatoms. The van der Waals surface area contributed by atoms with Gasteiger partial charge in [-0.15, -0.1) is 10.2 Å². The van der Waals surface area contributed by atoms with Gasteiger partial charge in [0.25, 0.3) is 5.91 Å². The molecule has 0 aliphatic rings. The fraction of sp³-hybridized carbons (Fsp3) is 0.105. The van der Waals surface area contributed by atoms with Crippen LogP contribution in [-0.2, 0) is 6.54 Å². The molecule has 30 heavy (non-hydrogen) atoms. The Bertz CT molecular complexity index is 1250. The molecule has 2 N–H and O–H groups in total. The zero-order valence-corrected chi connectivity index (χ0v) is 18.7. The van der Waals surface area contributed by atoms with E-state index in [2.05, 4.69) is 25.9 Å². The Hall–Kier alpha value is -2.59. The van der Waals surface area contributed by atoms with Gasteiger partial charge >= 0.3 is 0 Å². The van der Waals surface area contributed by atoms with Crippen LogP contribution in [0.25, 0.3) is 15.5 Å².